The monoisotopic (exact) mass is 198 g/mol. The third-order valence-electron chi connectivity index (χ3n) is 3.84. The summed E-state index contributed by atoms with van der Waals surface area (Å²) in [4.78, 5) is 0. The fourth-order valence-electron chi connectivity index (χ4n) is 2.64. The largest absolute Gasteiger partial charge is 0.305 e. The van der Waals surface area contributed by atoms with Gasteiger partial charge in [-0.15, -0.1) is 0 Å². The molecule has 1 saturated carbocycles. The van der Waals surface area contributed by atoms with Gasteiger partial charge in [0.05, 0.1) is 6.17 Å². The molecule has 0 spiro atoms. The van der Waals surface area contributed by atoms with Gasteiger partial charge < -0.3 is 10.6 Å². The van der Waals surface area contributed by atoms with E-state index in [0.29, 0.717) is 6.17 Å². The number of hydrogen-bond acceptors (Lipinski definition) is 2. The quantitative estimate of drug-likeness (QED) is 0.662. The van der Waals surface area contributed by atoms with Gasteiger partial charge in [0, 0.05) is 0 Å². The average molecular weight is 198 g/mol. The highest BCUT2D eigenvalue weighted by Gasteiger charge is 2.27. The maximum Gasteiger partial charge on any atom is 0.0540 e. The van der Waals surface area contributed by atoms with E-state index in [-0.39, 0.29) is 0 Å². The Labute approximate surface area is 88.8 Å². The smallest absolute Gasteiger partial charge is 0.0540 e. The number of nitrogens with one attached hydrogen (secondary N) is 2. The van der Waals surface area contributed by atoms with Gasteiger partial charge in [-0.05, 0) is 44.7 Å². The van der Waals surface area contributed by atoms with Crippen molar-refractivity contribution in [2.45, 2.75) is 46.2 Å². The lowest BCUT2D eigenvalue weighted by Crippen LogP contribution is -2.40. The van der Waals surface area contributed by atoms with E-state index in [2.05, 4.69) is 31.4 Å². The molecule has 0 saturated heterocycles. The Morgan fingerprint density at radius 3 is 2.50 bits per heavy atom. The summed E-state index contributed by atoms with van der Waals surface area (Å²) in [6.07, 6.45) is 4.76. The Morgan fingerprint density at radius 2 is 2.00 bits per heavy atom. The van der Waals surface area contributed by atoms with Crippen LogP contribution < -0.4 is 10.6 Å². The van der Waals surface area contributed by atoms with Crippen LogP contribution in [0, 0.1) is 17.8 Å². The summed E-state index contributed by atoms with van der Waals surface area (Å²) in [6, 6.07) is 0. The SMILES string of the molecule is CNC(C)NCC(C)C1CCCC1C. The second-order valence-corrected chi connectivity index (χ2v) is 4.97. The van der Waals surface area contributed by atoms with Crippen molar-refractivity contribution in [2.24, 2.45) is 17.8 Å². The molecule has 0 amide bonds. The van der Waals surface area contributed by atoms with Gasteiger partial charge in [0.25, 0.3) is 0 Å². The maximum absolute atomic E-state index is 3.52. The van der Waals surface area contributed by atoms with Crippen LogP contribution in [0.4, 0.5) is 0 Å². The highest BCUT2D eigenvalue weighted by molar-refractivity contribution is 4.79. The lowest BCUT2D eigenvalue weighted by Gasteiger charge is -2.25. The first-order chi connectivity index (χ1) is 6.65. The minimum atomic E-state index is 0.439. The lowest BCUT2D eigenvalue weighted by molar-refractivity contribution is 0.273. The first-order valence-corrected chi connectivity index (χ1v) is 6.05. The fourth-order valence-corrected chi connectivity index (χ4v) is 2.64. The van der Waals surface area contributed by atoms with Gasteiger partial charge in [0.1, 0.15) is 0 Å². The molecule has 84 valence electrons. The summed E-state index contributed by atoms with van der Waals surface area (Å²) in [5.74, 6) is 2.71. The minimum absolute atomic E-state index is 0.439. The van der Waals surface area contributed by atoms with Gasteiger partial charge in [0.2, 0.25) is 0 Å². The van der Waals surface area contributed by atoms with Crippen molar-refractivity contribution in [1.29, 1.82) is 0 Å². The third-order valence-corrected chi connectivity index (χ3v) is 3.84. The first kappa shape index (κ1) is 12.0. The summed E-state index contributed by atoms with van der Waals surface area (Å²) in [5, 5.41) is 6.73. The Morgan fingerprint density at radius 1 is 1.29 bits per heavy atom. The molecular formula is C12H26N2. The van der Waals surface area contributed by atoms with Crippen LogP contribution in [0.25, 0.3) is 0 Å². The van der Waals surface area contributed by atoms with Crippen LogP contribution in [0.2, 0.25) is 0 Å². The average Bonchev–Trinajstić information content (AvgIpc) is 2.60. The summed E-state index contributed by atoms with van der Waals surface area (Å²) >= 11 is 0. The molecule has 1 aliphatic rings. The molecule has 0 aromatic rings. The molecule has 2 nitrogen and oxygen atoms in total. The predicted octanol–water partition coefficient (Wildman–Crippen LogP) is 2.21. The van der Waals surface area contributed by atoms with E-state index in [4.69, 9.17) is 0 Å². The van der Waals surface area contributed by atoms with E-state index >= 15 is 0 Å². The highest BCUT2D eigenvalue weighted by Crippen LogP contribution is 2.36. The summed E-state index contributed by atoms with van der Waals surface area (Å²) < 4.78 is 0. The highest BCUT2D eigenvalue weighted by atomic mass is 15.1. The molecule has 2 N–H and O–H groups in total. The van der Waals surface area contributed by atoms with Crippen LogP contribution in [0.3, 0.4) is 0 Å². The van der Waals surface area contributed by atoms with Crippen LogP contribution >= 0.6 is 0 Å². The predicted molar refractivity (Wildman–Crippen MR) is 62.2 cm³/mol. The minimum Gasteiger partial charge on any atom is -0.305 e. The zero-order valence-corrected chi connectivity index (χ0v) is 10.1. The fraction of sp³-hybridized carbons (Fsp3) is 1.00. The van der Waals surface area contributed by atoms with Gasteiger partial charge in [-0.3, -0.25) is 0 Å². The Kier molecular flexibility index (Phi) is 4.90. The maximum atomic E-state index is 3.52. The van der Waals surface area contributed by atoms with E-state index in [1.165, 1.54) is 19.3 Å². The van der Waals surface area contributed by atoms with Gasteiger partial charge in [0.15, 0.2) is 0 Å². The molecule has 0 aliphatic heterocycles. The van der Waals surface area contributed by atoms with E-state index < -0.39 is 0 Å². The van der Waals surface area contributed by atoms with Gasteiger partial charge >= 0.3 is 0 Å². The lowest BCUT2D eigenvalue weighted by atomic mass is 9.86. The molecule has 0 radical (unpaired) electrons. The van der Waals surface area contributed by atoms with Crippen LogP contribution in [-0.2, 0) is 0 Å². The van der Waals surface area contributed by atoms with E-state index in [1.807, 2.05) is 7.05 Å². The van der Waals surface area contributed by atoms with E-state index in [0.717, 1.165) is 24.3 Å². The molecule has 4 unspecified atom stereocenters. The molecule has 1 rings (SSSR count). The Hall–Kier alpha value is -0.0800. The molecule has 0 aromatic carbocycles. The Bertz CT molecular complexity index is 158. The van der Waals surface area contributed by atoms with Crippen molar-refractivity contribution in [1.82, 2.24) is 10.6 Å². The van der Waals surface area contributed by atoms with Crippen molar-refractivity contribution in [2.75, 3.05) is 13.6 Å². The van der Waals surface area contributed by atoms with E-state index in [1.54, 1.807) is 0 Å². The van der Waals surface area contributed by atoms with Gasteiger partial charge in [-0.25, -0.2) is 0 Å². The van der Waals surface area contributed by atoms with Crippen LogP contribution in [-0.4, -0.2) is 19.8 Å². The molecule has 1 fully saturated rings. The molecule has 2 heteroatoms. The summed E-state index contributed by atoms with van der Waals surface area (Å²) in [5.41, 5.74) is 0. The number of rotatable bonds is 5. The second kappa shape index (κ2) is 5.72. The second-order valence-electron chi connectivity index (χ2n) is 4.97. The first-order valence-electron chi connectivity index (χ1n) is 6.05. The van der Waals surface area contributed by atoms with Crippen molar-refractivity contribution < 1.29 is 0 Å². The molecule has 0 heterocycles. The van der Waals surface area contributed by atoms with Gasteiger partial charge in [-0.1, -0.05) is 26.7 Å². The normalized spacial score (nSPS) is 31.7. The molecule has 0 bridgehead atoms. The zero-order valence-electron chi connectivity index (χ0n) is 10.1. The van der Waals surface area contributed by atoms with Crippen LogP contribution in [0.5, 0.6) is 0 Å². The molecule has 1 aliphatic carbocycles. The summed E-state index contributed by atoms with van der Waals surface area (Å²) in [7, 11) is 2.00. The standard InChI is InChI=1S/C12H26N2/c1-9-6-5-7-12(9)10(2)8-14-11(3)13-4/h9-14H,5-8H2,1-4H3. The molecule has 14 heavy (non-hydrogen) atoms. The zero-order chi connectivity index (χ0) is 10.6. The van der Waals surface area contributed by atoms with Crippen LogP contribution in [0.15, 0.2) is 0 Å². The van der Waals surface area contributed by atoms with E-state index in [9.17, 15) is 0 Å². The van der Waals surface area contributed by atoms with Gasteiger partial charge in [-0.2, -0.15) is 0 Å². The van der Waals surface area contributed by atoms with Crippen molar-refractivity contribution in [3.8, 4) is 0 Å². The van der Waals surface area contributed by atoms with Crippen molar-refractivity contribution in [3.05, 3.63) is 0 Å². The van der Waals surface area contributed by atoms with Crippen molar-refractivity contribution >= 4 is 0 Å². The topological polar surface area (TPSA) is 24.1 Å². The van der Waals surface area contributed by atoms with Crippen molar-refractivity contribution in [3.63, 3.8) is 0 Å². The molecule has 0 aromatic heterocycles. The molecule has 4 atom stereocenters. The summed E-state index contributed by atoms with van der Waals surface area (Å²) in [6.45, 7) is 8.12. The Balaban J connectivity index is 2.23. The van der Waals surface area contributed by atoms with Crippen LogP contribution in [0.1, 0.15) is 40.0 Å². The molecular weight excluding hydrogens is 172 g/mol. The third kappa shape index (κ3) is 3.25. The number of hydrogen-bond donors (Lipinski definition) is 2.